The molecule has 1 saturated carbocycles. The van der Waals surface area contributed by atoms with Gasteiger partial charge in [0.1, 0.15) is 0 Å². The van der Waals surface area contributed by atoms with Gasteiger partial charge in [-0.2, -0.15) is 0 Å². The zero-order valence-corrected chi connectivity index (χ0v) is 10.4. The van der Waals surface area contributed by atoms with Gasteiger partial charge >= 0.3 is 0 Å². The number of benzene rings is 1. The third-order valence-corrected chi connectivity index (χ3v) is 3.29. The number of ether oxygens (including phenoxy) is 2. The van der Waals surface area contributed by atoms with Crippen molar-refractivity contribution < 1.29 is 14.3 Å². The van der Waals surface area contributed by atoms with Crippen LogP contribution in [-0.4, -0.2) is 20.3 Å². The predicted octanol–water partition coefficient (Wildman–Crippen LogP) is 2.02. The summed E-state index contributed by atoms with van der Waals surface area (Å²) in [5.41, 5.74) is 1.30. The molecule has 4 nitrogen and oxygen atoms in total. The van der Waals surface area contributed by atoms with Crippen molar-refractivity contribution >= 4 is 0 Å². The number of rotatable bonds is 6. The molecule has 1 fully saturated rings. The minimum Gasteiger partial charge on any atom is -0.493 e. The Kier molecular flexibility index (Phi) is 3.54. The molecule has 2 N–H and O–H groups in total. The van der Waals surface area contributed by atoms with Gasteiger partial charge in [-0.1, -0.05) is 6.07 Å². The molecular formula is C13H19NO3. The van der Waals surface area contributed by atoms with E-state index in [9.17, 15) is 0 Å². The summed E-state index contributed by atoms with van der Waals surface area (Å²) in [6.07, 6.45) is 2.22. The Hall–Kier alpha value is -1.26. The van der Waals surface area contributed by atoms with E-state index in [4.69, 9.17) is 20.2 Å². The van der Waals surface area contributed by atoms with Crippen LogP contribution < -0.4 is 15.4 Å². The van der Waals surface area contributed by atoms with Crippen molar-refractivity contribution in [2.75, 3.05) is 20.3 Å². The van der Waals surface area contributed by atoms with Gasteiger partial charge < -0.3 is 14.3 Å². The van der Waals surface area contributed by atoms with Gasteiger partial charge in [-0.3, -0.25) is 0 Å². The molecule has 0 amide bonds. The second-order valence-electron chi connectivity index (χ2n) is 4.39. The van der Waals surface area contributed by atoms with Gasteiger partial charge in [0.2, 0.25) is 0 Å². The van der Waals surface area contributed by atoms with E-state index in [1.807, 2.05) is 19.1 Å². The van der Waals surface area contributed by atoms with Gasteiger partial charge in [-0.25, -0.2) is 5.90 Å². The third kappa shape index (κ3) is 2.37. The molecule has 0 radical (unpaired) electrons. The van der Waals surface area contributed by atoms with Crippen molar-refractivity contribution in [2.45, 2.75) is 25.2 Å². The zero-order valence-electron chi connectivity index (χ0n) is 10.4. The minimum absolute atomic E-state index is 0.0901. The van der Waals surface area contributed by atoms with Crippen LogP contribution in [0.2, 0.25) is 0 Å². The highest BCUT2D eigenvalue weighted by Gasteiger charge is 2.45. The van der Waals surface area contributed by atoms with E-state index in [1.54, 1.807) is 7.11 Å². The Bertz CT molecular complexity index is 388. The third-order valence-electron chi connectivity index (χ3n) is 3.29. The fraction of sp³-hybridized carbons (Fsp3) is 0.538. The van der Waals surface area contributed by atoms with Crippen molar-refractivity contribution in [1.82, 2.24) is 0 Å². The van der Waals surface area contributed by atoms with Gasteiger partial charge in [-0.15, -0.1) is 0 Å². The van der Waals surface area contributed by atoms with E-state index in [1.165, 1.54) is 5.56 Å². The lowest BCUT2D eigenvalue weighted by Crippen LogP contribution is -2.18. The van der Waals surface area contributed by atoms with E-state index in [0.29, 0.717) is 13.2 Å². The summed E-state index contributed by atoms with van der Waals surface area (Å²) in [6.45, 7) is 3.15. The molecule has 0 bridgehead atoms. The molecule has 0 spiro atoms. The van der Waals surface area contributed by atoms with Crippen LogP contribution in [0.3, 0.4) is 0 Å². The summed E-state index contributed by atoms with van der Waals surface area (Å²) in [4.78, 5) is 4.80. The van der Waals surface area contributed by atoms with Crippen LogP contribution in [0.1, 0.15) is 25.3 Å². The Morgan fingerprint density at radius 1 is 1.29 bits per heavy atom. The zero-order chi connectivity index (χ0) is 12.3. The molecule has 17 heavy (non-hydrogen) atoms. The largest absolute Gasteiger partial charge is 0.493 e. The smallest absolute Gasteiger partial charge is 0.161 e. The molecule has 1 aliphatic carbocycles. The second kappa shape index (κ2) is 4.94. The maximum absolute atomic E-state index is 5.49. The van der Waals surface area contributed by atoms with Gasteiger partial charge in [0, 0.05) is 5.41 Å². The van der Waals surface area contributed by atoms with E-state index in [0.717, 1.165) is 24.3 Å². The Labute approximate surface area is 102 Å². The highest BCUT2D eigenvalue weighted by Crippen LogP contribution is 2.49. The van der Waals surface area contributed by atoms with Crippen LogP contribution in [0.5, 0.6) is 11.5 Å². The van der Waals surface area contributed by atoms with Gasteiger partial charge in [0.25, 0.3) is 0 Å². The average molecular weight is 237 g/mol. The van der Waals surface area contributed by atoms with Crippen LogP contribution in [0.15, 0.2) is 18.2 Å². The summed E-state index contributed by atoms with van der Waals surface area (Å²) >= 11 is 0. The fourth-order valence-corrected chi connectivity index (χ4v) is 2.10. The number of methoxy groups -OCH3 is 1. The fourth-order valence-electron chi connectivity index (χ4n) is 2.10. The van der Waals surface area contributed by atoms with Crippen molar-refractivity contribution in [2.24, 2.45) is 5.90 Å². The molecule has 0 saturated heterocycles. The van der Waals surface area contributed by atoms with Crippen molar-refractivity contribution in [3.05, 3.63) is 23.8 Å². The molecular weight excluding hydrogens is 218 g/mol. The highest BCUT2D eigenvalue weighted by molar-refractivity contribution is 5.46. The Morgan fingerprint density at radius 3 is 2.59 bits per heavy atom. The lowest BCUT2D eigenvalue weighted by molar-refractivity contribution is 0.116. The number of hydrogen-bond donors (Lipinski definition) is 1. The molecule has 0 unspecified atom stereocenters. The van der Waals surface area contributed by atoms with E-state index in [-0.39, 0.29) is 5.41 Å². The summed E-state index contributed by atoms with van der Waals surface area (Å²) in [5, 5.41) is 0. The van der Waals surface area contributed by atoms with Crippen LogP contribution >= 0.6 is 0 Å². The lowest BCUT2D eigenvalue weighted by Gasteiger charge is -2.17. The maximum atomic E-state index is 5.49. The van der Waals surface area contributed by atoms with Gasteiger partial charge in [0.15, 0.2) is 11.5 Å². The van der Waals surface area contributed by atoms with Crippen LogP contribution in [-0.2, 0) is 10.3 Å². The summed E-state index contributed by atoms with van der Waals surface area (Å²) in [6, 6.07) is 6.05. The monoisotopic (exact) mass is 237 g/mol. The summed E-state index contributed by atoms with van der Waals surface area (Å²) in [5.74, 6) is 6.74. The quantitative estimate of drug-likeness (QED) is 0.769. The van der Waals surface area contributed by atoms with Crippen molar-refractivity contribution in [1.29, 1.82) is 0 Å². The van der Waals surface area contributed by atoms with E-state index < -0.39 is 0 Å². The van der Waals surface area contributed by atoms with Gasteiger partial charge in [-0.05, 0) is 37.5 Å². The maximum Gasteiger partial charge on any atom is 0.161 e. The van der Waals surface area contributed by atoms with E-state index >= 15 is 0 Å². The Morgan fingerprint density at radius 2 is 2.06 bits per heavy atom. The molecule has 1 aliphatic rings. The molecule has 0 aromatic heterocycles. The average Bonchev–Trinajstić information content (AvgIpc) is 3.11. The molecule has 94 valence electrons. The molecule has 4 heteroatoms. The lowest BCUT2D eigenvalue weighted by atomic mass is 9.96. The second-order valence-corrected chi connectivity index (χ2v) is 4.39. The van der Waals surface area contributed by atoms with Crippen LogP contribution in [0, 0.1) is 0 Å². The minimum atomic E-state index is 0.0901. The number of nitrogens with two attached hydrogens (primary N) is 1. The first-order valence-electron chi connectivity index (χ1n) is 5.89. The Balaban J connectivity index is 2.25. The molecule has 2 rings (SSSR count). The van der Waals surface area contributed by atoms with Crippen molar-refractivity contribution in [3.8, 4) is 11.5 Å². The first kappa shape index (κ1) is 12.2. The van der Waals surface area contributed by atoms with Crippen LogP contribution in [0.25, 0.3) is 0 Å². The highest BCUT2D eigenvalue weighted by atomic mass is 16.6. The summed E-state index contributed by atoms with van der Waals surface area (Å²) in [7, 11) is 1.65. The molecule has 0 heterocycles. The van der Waals surface area contributed by atoms with E-state index in [2.05, 4.69) is 6.07 Å². The predicted molar refractivity (Wildman–Crippen MR) is 65.2 cm³/mol. The molecule has 1 aromatic carbocycles. The van der Waals surface area contributed by atoms with Crippen molar-refractivity contribution in [3.63, 3.8) is 0 Å². The normalized spacial score (nSPS) is 16.6. The topological polar surface area (TPSA) is 53.7 Å². The first-order valence-corrected chi connectivity index (χ1v) is 5.89. The SMILES string of the molecule is CCOc1ccc(C2(CON)CC2)cc1OC. The van der Waals surface area contributed by atoms with Crippen LogP contribution in [0.4, 0.5) is 0 Å². The first-order chi connectivity index (χ1) is 8.25. The molecule has 1 aromatic rings. The number of hydrogen-bond acceptors (Lipinski definition) is 4. The molecule has 0 aliphatic heterocycles. The standard InChI is InChI=1S/C13H19NO3/c1-3-16-11-5-4-10(8-12(11)15-2)13(6-7-13)9-17-14/h4-5,8H,3,6-7,9,14H2,1-2H3. The molecule has 0 atom stereocenters. The summed E-state index contributed by atoms with van der Waals surface area (Å²) < 4.78 is 10.8. The van der Waals surface area contributed by atoms with Gasteiger partial charge in [0.05, 0.1) is 20.3 Å².